The van der Waals surface area contributed by atoms with Crippen LogP contribution in [0.25, 0.3) is 0 Å². The van der Waals surface area contributed by atoms with Crippen molar-refractivity contribution in [1.29, 1.82) is 0 Å². The average Bonchev–Trinajstić information content (AvgIpc) is 2.64. The summed E-state index contributed by atoms with van der Waals surface area (Å²) in [7, 11) is 0. The normalized spacial score (nSPS) is 17.3. The minimum Gasteiger partial charge on any atom is -0.380 e. The molecule has 2 heterocycles. The van der Waals surface area contributed by atoms with Crippen LogP contribution in [0.5, 0.6) is 0 Å². The Morgan fingerprint density at radius 3 is 2.95 bits per heavy atom. The van der Waals surface area contributed by atoms with Crippen molar-refractivity contribution in [1.82, 2.24) is 10.3 Å². The van der Waals surface area contributed by atoms with E-state index < -0.39 is 0 Å². The molecule has 1 aliphatic heterocycles. The number of pyridine rings is 1. The Hall–Kier alpha value is -1.13. The van der Waals surface area contributed by atoms with Crippen molar-refractivity contribution >= 4 is 5.69 Å². The molecular weight excluding hydrogens is 238 g/mol. The Morgan fingerprint density at radius 2 is 2.16 bits per heavy atom. The molecule has 19 heavy (non-hydrogen) atoms. The minimum absolute atomic E-state index is 0.120. The van der Waals surface area contributed by atoms with E-state index in [1.165, 1.54) is 11.3 Å². The molecule has 1 aliphatic rings. The number of hydrogen-bond donors (Lipinski definition) is 1. The Bertz CT molecular complexity index is 393. The van der Waals surface area contributed by atoms with Crippen LogP contribution >= 0.6 is 0 Å². The maximum atomic E-state index is 5.53. The van der Waals surface area contributed by atoms with Crippen molar-refractivity contribution in [3.63, 3.8) is 0 Å². The maximum Gasteiger partial charge on any atom is 0.0641 e. The molecule has 4 heteroatoms. The summed E-state index contributed by atoms with van der Waals surface area (Å²) in [6.07, 6.45) is 4.94. The zero-order valence-electron chi connectivity index (χ0n) is 12.3. The standard InChI is InChI=1S/C15H25N3O/c1-15(2,3)17-12-13-11-16-6-5-14(13)18-7-4-9-19-10-8-18/h5-6,11,17H,4,7-10,12H2,1-3H3. The van der Waals surface area contributed by atoms with Gasteiger partial charge in [0, 0.05) is 55.4 Å². The summed E-state index contributed by atoms with van der Waals surface area (Å²) in [5, 5.41) is 3.54. The van der Waals surface area contributed by atoms with Crippen molar-refractivity contribution in [2.45, 2.75) is 39.3 Å². The molecule has 1 aromatic rings. The third-order valence-corrected chi connectivity index (χ3v) is 3.25. The van der Waals surface area contributed by atoms with Gasteiger partial charge in [-0.05, 0) is 33.3 Å². The molecule has 0 aliphatic carbocycles. The van der Waals surface area contributed by atoms with Gasteiger partial charge in [0.1, 0.15) is 0 Å². The number of hydrogen-bond acceptors (Lipinski definition) is 4. The highest BCUT2D eigenvalue weighted by atomic mass is 16.5. The van der Waals surface area contributed by atoms with E-state index in [2.05, 4.69) is 42.0 Å². The number of nitrogens with one attached hydrogen (secondary N) is 1. The van der Waals surface area contributed by atoms with Crippen LogP contribution in [0.2, 0.25) is 0 Å². The summed E-state index contributed by atoms with van der Waals surface area (Å²) in [6.45, 7) is 11.1. The van der Waals surface area contributed by atoms with Crippen LogP contribution in [0.3, 0.4) is 0 Å². The SMILES string of the molecule is CC(C)(C)NCc1cnccc1N1CCCOCC1. The monoisotopic (exact) mass is 263 g/mol. The Balaban J connectivity index is 2.10. The summed E-state index contributed by atoms with van der Waals surface area (Å²) in [5.74, 6) is 0. The lowest BCUT2D eigenvalue weighted by molar-refractivity contribution is 0.152. The van der Waals surface area contributed by atoms with Crippen molar-refractivity contribution in [2.24, 2.45) is 0 Å². The predicted molar refractivity (Wildman–Crippen MR) is 78.5 cm³/mol. The molecule has 0 unspecified atom stereocenters. The van der Waals surface area contributed by atoms with Crippen LogP contribution in [0, 0.1) is 0 Å². The summed E-state index contributed by atoms with van der Waals surface area (Å²) in [4.78, 5) is 6.68. The van der Waals surface area contributed by atoms with Gasteiger partial charge in [-0.3, -0.25) is 4.98 Å². The zero-order chi connectivity index (χ0) is 13.7. The predicted octanol–water partition coefficient (Wildman–Crippen LogP) is 2.20. The molecule has 106 valence electrons. The molecule has 0 bridgehead atoms. The second-order valence-electron chi connectivity index (χ2n) is 6.06. The molecule has 0 aromatic carbocycles. The largest absolute Gasteiger partial charge is 0.380 e. The molecule has 0 radical (unpaired) electrons. The summed E-state index contributed by atoms with van der Waals surface area (Å²) < 4.78 is 5.53. The van der Waals surface area contributed by atoms with E-state index >= 15 is 0 Å². The van der Waals surface area contributed by atoms with Gasteiger partial charge in [-0.1, -0.05) is 0 Å². The van der Waals surface area contributed by atoms with Crippen LogP contribution in [-0.2, 0) is 11.3 Å². The quantitative estimate of drug-likeness (QED) is 0.907. The first-order chi connectivity index (χ1) is 9.06. The van der Waals surface area contributed by atoms with E-state index in [1.54, 1.807) is 0 Å². The Kier molecular flexibility index (Phi) is 4.77. The highest BCUT2D eigenvalue weighted by molar-refractivity contribution is 5.52. The van der Waals surface area contributed by atoms with Crippen molar-refractivity contribution < 1.29 is 4.74 Å². The van der Waals surface area contributed by atoms with Crippen LogP contribution < -0.4 is 10.2 Å². The van der Waals surface area contributed by atoms with E-state index in [4.69, 9.17) is 4.74 Å². The van der Waals surface area contributed by atoms with Gasteiger partial charge >= 0.3 is 0 Å². The number of rotatable bonds is 3. The number of aromatic nitrogens is 1. The topological polar surface area (TPSA) is 37.4 Å². The first-order valence-electron chi connectivity index (χ1n) is 7.07. The zero-order valence-corrected chi connectivity index (χ0v) is 12.3. The number of nitrogens with zero attached hydrogens (tertiary/aromatic N) is 2. The number of anilines is 1. The highest BCUT2D eigenvalue weighted by Crippen LogP contribution is 2.21. The van der Waals surface area contributed by atoms with Crippen LogP contribution in [-0.4, -0.2) is 36.8 Å². The van der Waals surface area contributed by atoms with Gasteiger partial charge in [-0.2, -0.15) is 0 Å². The fourth-order valence-electron chi connectivity index (χ4n) is 2.21. The first kappa shape index (κ1) is 14.3. The second kappa shape index (κ2) is 6.35. The van der Waals surface area contributed by atoms with Gasteiger partial charge in [-0.15, -0.1) is 0 Å². The van der Waals surface area contributed by atoms with Gasteiger partial charge in [-0.25, -0.2) is 0 Å². The summed E-state index contributed by atoms with van der Waals surface area (Å²) >= 11 is 0. The molecule has 1 saturated heterocycles. The highest BCUT2D eigenvalue weighted by Gasteiger charge is 2.15. The smallest absolute Gasteiger partial charge is 0.0641 e. The van der Waals surface area contributed by atoms with Crippen molar-refractivity contribution in [3.05, 3.63) is 24.0 Å². The van der Waals surface area contributed by atoms with E-state index in [9.17, 15) is 0 Å². The number of ether oxygens (including phenoxy) is 1. The van der Waals surface area contributed by atoms with Crippen molar-refractivity contribution in [2.75, 3.05) is 31.2 Å². The molecule has 1 fully saturated rings. The van der Waals surface area contributed by atoms with Gasteiger partial charge in [0.25, 0.3) is 0 Å². The van der Waals surface area contributed by atoms with E-state index in [1.807, 2.05) is 12.4 Å². The fourth-order valence-corrected chi connectivity index (χ4v) is 2.21. The molecule has 0 spiro atoms. The van der Waals surface area contributed by atoms with Gasteiger partial charge in [0.2, 0.25) is 0 Å². The van der Waals surface area contributed by atoms with Gasteiger partial charge in [0.15, 0.2) is 0 Å². The van der Waals surface area contributed by atoms with Crippen molar-refractivity contribution in [3.8, 4) is 0 Å². The molecule has 0 atom stereocenters. The van der Waals surface area contributed by atoms with E-state index in [0.29, 0.717) is 0 Å². The third kappa shape index (κ3) is 4.48. The Labute approximate surface area is 116 Å². The molecular formula is C15H25N3O. The first-order valence-corrected chi connectivity index (χ1v) is 7.07. The van der Waals surface area contributed by atoms with Crippen LogP contribution in [0.15, 0.2) is 18.5 Å². The molecule has 1 N–H and O–H groups in total. The lowest BCUT2D eigenvalue weighted by Gasteiger charge is -2.26. The summed E-state index contributed by atoms with van der Waals surface area (Å²) in [6, 6.07) is 2.12. The van der Waals surface area contributed by atoms with Crippen LogP contribution in [0.1, 0.15) is 32.8 Å². The Morgan fingerprint density at radius 1 is 1.32 bits per heavy atom. The maximum absolute atomic E-state index is 5.53. The van der Waals surface area contributed by atoms with Gasteiger partial charge < -0.3 is 15.0 Å². The molecule has 0 saturated carbocycles. The van der Waals surface area contributed by atoms with Gasteiger partial charge in [0.05, 0.1) is 6.61 Å². The summed E-state index contributed by atoms with van der Waals surface area (Å²) in [5.41, 5.74) is 2.67. The molecule has 1 aromatic heterocycles. The van der Waals surface area contributed by atoms with E-state index in [0.717, 1.165) is 39.3 Å². The fraction of sp³-hybridized carbons (Fsp3) is 0.667. The average molecular weight is 263 g/mol. The van der Waals surface area contributed by atoms with E-state index in [-0.39, 0.29) is 5.54 Å². The lowest BCUT2D eigenvalue weighted by atomic mass is 10.1. The lowest BCUT2D eigenvalue weighted by Crippen LogP contribution is -2.36. The van der Waals surface area contributed by atoms with Crippen LogP contribution in [0.4, 0.5) is 5.69 Å². The third-order valence-electron chi connectivity index (χ3n) is 3.25. The minimum atomic E-state index is 0.120. The molecule has 4 nitrogen and oxygen atoms in total. The second-order valence-corrected chi connectivity index (χ2v) is 6.06. The molecule has 0 amide bonds. The molecule has 2 rings (SSSR count).